The molecule has 0 saturated heterocycles. The predicted octanol–water partition coefficient (Wildman–Crippen LogP) is 3.85. The maximum absolute atomic E-state index is 11.9. The number of carbonyl (C=O) groups is 2. The van der Waals surface area contributed by atoms with Crippen LogP contribution in [0.3, 0.4) is 0 Å². The number of fused-ring (bicyclic) bond motifs is 1. The van der Waals surface area contributed by atoms with Gasteiger partial charge in [0.15, 0.2) is 0 Å². The molecular formula is C19H20N3O2Y-. The summed E-state index contributed by atoms with van der Waals surface area (Å²) in [6.45, 7) is 4.00. The number of aliphatic imine (C=N–C) groups is 1. The summed E-state index contributed by atoms with van der Waals surface area (Å²) in [5, 5.41) is 2.43. The molecule has 1 aliphatic rings. The third-order valence-electron chi connectivity index (χ3n) is 3.47. The molecule has 0 aromatic heterocycles. The molecule has 0 heterocycles. The van der Waals surface area contributed by atoms with E-state index in [4.69, 9.17) is 5.73 Å². The van der Waals surface area contributed by atoms with Crippen LogP contribution in [0.4, 0.5) is 5.69 Å². The third-order valence-corrected chi connectivity index (χ3v) is 3.47. The number of hydrogen-bond donors (Lipinski definition) is 1. The topological polar surface area (TPSA) is 82.3 Å². The van der Waals surface area contributed by atoms with Gasteiger partial charge in [-0.1, -0.05) is 56.3 Å². The molecule has 0 spiro atoms. The fraction of sp³-hybridized carbons (Fsp3) is 0.211. The number of hydrogen-bond acceptors (Lipinski definition) is 3. The molecule has 25 heavy (non-hydrogen) atoms. The van der Waals surface area contributed by atoms with E-state index in [2.05, 4.69) is 10.3 Å². The Balaban J connectivity index is 0.00000101. The quantitative estimate of drug-likeness (QED) is 0.602. The summed E-state index contributed by atoms with van der Waals surface area (Å²) >= 11 is 0. The fourth-order valence-electron chi connectivity index (χ4n) is 2.43. The van der Waals surface area contributed by atoms with Gasteiger partial charge in [-0.2, -0.15) is 0 Å². The van der Waals surface area contributed by atoms with E-state index in [-0.39, 0.29) is 50.4 Å². The Bertz CT molecular complexity index is 773. The van der Waals surface area contributed by atoms with E-state index < -0.39 is 0 Å². The van der Waals surface area contributed by atoms with E-state index in [0.717, 1.165) is 11.1 Å². The number of Topliss-reactive ketones (excluding diaryl/α,β-unsaturated/α-hetero) is 1. The van der Waals surface area contributed by atoms with Crippen LogP contribution in [-0.4, -0.2) is 17.6 Å². The summed E-state index contributed by atoms with van der Waals surface area (Å²) in [4.78, 5) is 27.4. The van der Waals surface area contributed by atoms with Crippen molar-refractivity contribution >= 4 is 23.3 Å². The van der Waals surface area contributed by atoms with Crippen LogP contribution in [0.2, 0.25) is 0 Å². The summed E-state index contributed by atoms with van der Waals surface area (Å²) in [6, 6.07) is 14.1. The minimum absolute atomic E-state index is 0. The Kier molecular flexibility index (Phi) is 8.66. The van der Waals surface area contributed by atoms with Crippen molar-refractivity contribution < 1.29 is 42.3 Å². The predicted molar refractivity (Wildman–Crippen MR) is 95.5 cm³/mol. The van der Waals surface area contributed by atoms with Crippen LogP contribution in [-0.2, 0) is 50.3 Å². The Morgan fingerprint density at radius 3 is 2.36 bits per heavy atom. The first-order chi connectivity index (χ1) is 11.6. The summed E-state index contributed by atoms with van der Waals surface area (Å²) in [5.41, 5.74) is 10.8. The summed E-state index contributed by atoms with van der Waals surface area (Å²) < 4.78 is 0. The minimum atomic E-state index is -0.370. The summed E-state index contributed by atoms with van der Waals surface area (Å²) in [7, 11) is 0. The van der Waals surface area contributed by atoms with Crippen LogP contribution in [0.25, 0.3) is 5.73 Å². The van der Waals surface area contributed by atoms with Crippen LogP contribution < -0.4 is 5.32 Å². The second kappa shape index (κ2) is 10.2. The van der Waals surface area contributed by atoms with E-state index in [1.807, 2.05) is 26.0 Å². The first kappa shape index (κ1) is 21.2. The number of rotatable bonds is 2. The van der Waals surface area contributed by atoms with Gasteiger partial charge in [-0.3, -0.25) is 9.59 Å². The van der Waals surface area contributed by atoms with Crippen LogP contribution in [0.1, 0.15) is 35.3 Å². The molecule has 0 unspecified atom stereocenters. The molecule has 0 bridgehead atoms. The molecule has 0 saturated carbocycles. The molecule has 3 rings (SSSR count). The first-order valence-electron chi connectivity index (χ1n) is 7.92. The number of nitrogens with zero attached hydrogens (tertiary/aromatic N) is 1. The van der Waals surface area contributed by atoms with Crippen molar-refractivity contribution in [1.29, 1.82) is 0 Å². The van der Waals surface area contributed by atoms with Gasteiger partial charge in [-0.05, 0) is 22.9 Å². The Morgan fingerprint density at radius 1 is 1.04 bits per heavy atom. The van der Waals surface area contributed by atoms with E-state index in [0.29, 0.717) is 24.1 Å². The molecule has 0 fully saturated rings. The van der Waals surface area contributed by atoms with Crippen LogP contribution >= 0.6 is 0 Å². The maximum Gasteiger partial charge on any atom is 0.201 e. The summed E-state index contributed by atoms with van der Waals surface area (Å²) in [6.07, 6.45) is 0.889. The molecule has 6 heteroatoms. The van der Waals surface area contributed by atoms with E-state index in [1.54, 1.807) is 36.4 Å². The van der Waals surface area contributed by atoms with Gasteiger partial charge < -0.3 is 16.0 Å². The van der Waals surface area contributed by atoms with Crippen LogP contribution in [0, 0.1) is 0 Å². The molecule has 1 amide bonds. The zero-order valence-electron chi connectivity index (χ0n) is 14.4. The zero-order chi connectivity index (χ0) is 17.5. The second-order valence-corrected chi connectivity index (χ2v) is 5.13. The van der Waals surface area contributed by atoms with E-state index in [1.165, 1.54) is 0 Å². The van der Waals surface area contributed by atoms with Crippen molar-refractivity contribution in [2.45, 2.75) is 26.7 Å². The maximum atomic E-state index is 11.9. The number of guanidine groups is 1. The number of ketones is 1. The molecule has 5 nitrogen and oxygen atoms in total. The van der Waals surface area contributed by atoms with Crippen molar-refractivity contribution in [1.82, 2.24) is 5.32 Å². The van der Waals surface area contributed by atoms with Crippen molar-refractivity contribution in [3.63, 3.8) is 0 Å². The summed E-state index contributed by atoms with van der Waals surface area (Å²) in [5.74, 6) is -0.400. The van der Waals surface area contributed by atoms with Gasteiger partial charge in [0, 0.05) is 57.1 Å². The average Bonchev–Trinajstić information content (AvgIpc) is 2.96. The molecule has 1 radical (unpaired) electrons. The van der Waals surface area contributed by atoms with Gasteiger partial charge >= 0.3 is 0 Å². The van der Waals surface area contributed by atoms with Gasteiger partial charge in [0.1, 0.15) is 5.78 Å². The standard InChI is InChI=1S/C17H15N3O2.C2H6.Y/c18-17(20-16(22)11-4-2-1-3-5-11)19-14-7-6-12-9-15(21)10-13(12)8-14;1-2;/h1-8H,9-10H2,(H3,18,19,20,22);1-2H3;/p-1. The van der Waals surface area contributed by atoms with Gasteiger partial charge in [0.25, 0.3) is 0 Å². The van der Waals surface area contributed by atoms with Crippen molar-refractivity contribution in [3.05, 3.63) is 71.0 Å². The Morgan fingerprint density at radius 2 is 1.68 bits per heavy atom. The molecule has 127 valence electrons. The number of amides is 1. The molecular weight excluding hydrogens is 391 g/mol. The van der Waals surface area contributed by atoms with E-state index in [9.17, 15) is 9.59 Å². The van der Waals surface area contributed by atoms with Gasteiger partial charge in [-0.25, -0.2) is 0 Å². The molecule has 2 aromatic carbocycles. The largest absolute Gasteiger partial charge is 0.411 e. The Hall–Kier alpha value is -1.85. The van der Waals surface area contributed by atoms with Crippen molar-refractivity contribution in [3.8, 4) is 0 Å². The first-order valence-corrected chi connectivity index (χ1v) is 7.92. The SMILES string of the molecule is CC.[NH-]C(=Nc1ccc2c(c1)CC(=O)C2)NC(=O)c1ccccc1.[Y]. The second-order valence-electron chi connectivity index (χ2n) is 5.13. The fourth-order valence-corrected chi connectivity index (χ4v) is 2.43. The van der Waals surface area contributed by atoms with Crippen LogP contribution in [0.5, 0.6) is 0 Å². The molecule has 0 aliphatic heterocycles. The van der Waals surface area contributed by atoms with Crippen LogP contribution in [0.15, 0.2) is 53.5 Å². The smallest absolute Gasteiger partial charge is 0.201 e. The molecule has 1 aliphatic carbocycles. The monoisotopic (exact) mass is 411 g/mol. The van der Waals surface area contributed by atoms with Crippen molar-refractivity contribution in [2.75, 3.05) is 0 Å². The third kappa shape index (κ3) is 5.87. The molecule has 2 N–H and O–H groups in total. The Labute approximate surface area is 173 Å². The molecule has 0 atom stereocenters. The van der Waals surface area contributed by atoms with E-state index >= 15 is 0 Å². The van der Waals surface area contributed by atoms with Gasteiger partial charge in [-0.15, -0.1) is 0 Å². The van der Waals surface area contributed by atoms with Gasteiger partial charge in [0.05, 0.1) is 0 Å². The number of nitrogens with one attached hydrogen (secondary N) is 2. The number of carbonyl (C=O) groups excluding carboxylic acids is 2. The van der Waals surface area contributed by atoms with Crippen molar-refractivity contribution in [2.24, 2.45) is 4.99 Å². The van der Waals surface area contributed by atoms with Gasteiger partial charge in [0.2, 0.25) is 5.91 Å². The number of benzene rings is 2. The average molecular weight is 411 g/mol. The zero-order valence-corrected chi connectivity index (χ0v) is 17.2. The molecule has 2 aromatic rings. The minimum Gasteiger partial charge on any atom is -0.411 e. The normalized spacial score (nSPS) is 12.4.